The van der Waals surface area contributed by atoms with Gasteiger partial charge in [0, 0.05) is 38.7 Å². The third-order valence-electron chi connectivity index (χ3n) is 4.82. The van der Waals surface area contributed by atoms with Crippen molar-refractivity contribution in [2.24, 2.45) is 7.05 Å². The monoisotopic (exact) mass is 351 g/mol. The van der Waals surface area contributed by atoms with Crippen LogP contribution in [-0.4, -0.2) is 45.2 Å². The molecule has 7 heteroatoms. The summed E-state index contributed by atoms with van der Waals surface area (Å²) in [7, 11) is 3.51. The zero-order valence-electron chi connectivity index (χ0n) is 15.1. The summed E-state index contributed by atoms with van der Waals surface area (Å²) < 4.78 is 8.94. The van der Waals surface area contributed by atoms with Crippen LogP contribution in [0.3, 0.4) is 0 Å². The topological polar surface area (TPSA) is 65.2 Å². The highest BCUT2D eigenvalue weighted by Gasteiger charge is 2.33. The Morgan fingerprint density at radius 1 is 1.27 bits per heavy atom. The zero-order chi connectivity index (χ0) is 18.3. The van der Waals surface area contributed by atoms with E-state index in [4.69, 9.17) is 4.74 Å². The van der Waals surface area contributed by atoms with Crippen LogP contribution >= 0.6 is 0 Å². The van der Waals surface area contributed by atoms with Crippen molar-refractivity contribution in [1.82, 2.24) is 19.6 Å². The van der Waals surface area contributed by atoms with Crippen LogP contribution in [0.2, 0.25) is 0 Å². The number of aromatic nitrogens is 4. The molecule has 3 heterocycles. The van der Waals surface area contributed by atoms with E-state index >= 15 is 0 Å². The number of carbonyl (C=O) groups is 1. The number of amides is 1. The summed E-state index contributed by atoms with van der Waals surface area (Å²) in [6, 6.07) is 9.80. The summed E-state index contributed by atoms with van der Waals surface area (Å²) in [6.45, 7) is 2.36. The molecule has 0 fully saturated rings. The van der Waals surface area contributed by atoms with Crippen LogP contribution in [0.4, 0.5) is 5.69 Å². The smallest absolute Gasteiger partial charge is 0.264 e. The van der Waals surface area contributed by atoms with Crippen LogP contribution in [0.15, 0.2) is 42.7 Å². The molecule has 134 valence electrons. The largest absolute Gasteiger partial charge is 0.379 e. The number of rotatable bonds is 3. The van der Waals surface area contributed by atoms with Gasteiger partial charge in [0.05, 0.1) is 18.3 Å². The summed E-state index contributed by atoms with van der Waals surface area (Å²) in [5, 5.41) is 8.74. The van der Waals surface area contributed by atoms with E-state index in [0.29, 0.717) is 23.6 Å². The van der Waals surface area contributed by atoms with Crippen LogP contribution in [0, 0.1) is 6.92 Å². The Bertz CT molecular complexity index is 945. The SMILES string of the molecule is COC1Cc2ccccc2N(C(=O)c2c(C)nn(C)c2-n2cccn2)C1. The van der Waals surface area contributed by atoms with E-state index in [1.807, 2.05) is 50.5 Å². The van der Waals surface area contributed by atoms with E-state index in [0.717, 1.165) is 17.7 Å². The maximum absolute atomic E-state index is 13.6. The van der Waals surface area contributed by atoms with Crippen molar-refractivity contribution in [2.75, 3.05) is 18.6 Å². The molecule has 0 radical (unpaired) electrons. The number of aryl methyl sites for hydroxylation is 2. The maximum atomic E-state index is 13.6. The van der Waals surface area contributed by atoms with E-state index < -0.39 is 0 Å². The van der Waals surface area contributed by atoms with Gasteiger partial charge in [-0.05, 0) is 24.6 Å². The quantitative estimate of drug-likeness (QED) is 0.725. The highest BCUT2D eigenvalue weighted by molar-refractivity contribution is 6.09. The van der Waals surface area contributed by atoms with Crippen molar-refractivity contribution >= 4 is 11.6 Å². The van der Waals surface area contributed by atoms with Gasteiger partial charge in [-0.3, -0.25) is 4.79 Å². The number of para-hydroxylation sites is 1. The van der Waals surface area contributed by atoms with Crippen molar-refractivity contribution in [3.8, 4) is 5.82 Å². The number of benzene rings is 1. The molecule has 4 rings (SSSR count). The van der Waals surface area contributed by atoms with Crippen molar-refractivity contribution < 1.29 is 9.53 Å². The number of hydrogen-bond donors (Lipinski definition) is 0. The van der Waals surface area contributed by atoms with E-state index in [1.165, 1.54) is 0 Å². The third-order valence-corrected chi connectivity index (χ3v) is 4.82. The molecular weight excluding hydrogens is 330 g/mol. The number of ether oxygens (including phenoxy) is 1. The molecule has 1 unspecified atom stereocenters. The lowest BCUT2D eigenvalue weighted by Crippen LogP contribution is -2.43. The average Bonchev–Trinajstić information content (AvgIpc) is 3.27. The lowest BCUT2D eigenvalue weighted by atomic mass is 9.98. The lowest BCUT2D eigenvalue weighted by molar-refractivity contribution is 0.0869. The highest BCUT2D eigenvalue weighted by Crippen LogP contribution is 2.31. The molecule has 3 aromatic rings. The number of nitrogens with zero attached hydrogens (tertiary/aromatic N) is 5. The molecule has 0 aliphatic carbocycles. The average molecular weight is 351 g/mol. The summed E-state index contributed by atoms with van der Waals surface area (Å²) in [5.74, 6) is 0.574. The Morgan fingerprint density at radius 3 is 2.81 bits per heavy atom. The van der Waals surface area contributed by atoms with Crippen molar-refractivity contribution in [1.29, 1.82) is 0 Å². The Hall–Kier alpha value is -2.93. The Balaban J connectivity index is 1.82. The van der Waals surface area contributed by atoms with Crippen LogP contribution in [-0.2, 0) is 18.2 Å². The van der Waals surface area contributed by atoms with Gasteiger partial charge in [-0.15, -0.1) is 0 Å². The van der Waals surface area contributed by atoms with Crippen LogP contribution in [0.5, 0.6) is 0 Å². The minimum Gasteiger partial charge on any atom is -0.379 e. The first-order valence-electron chi connectivity index (χ1n) is 8.56. The summed E-state index contributed by atoms with van der Waals surface area (Å²) in [6.07, 6.45) is 4.27. The number of fused-ring (bicyclic) bond motifs is 1. The molecule has 0 bridgehead atoms. The lowest BCUT2D eigenvalue weighted by Gasteiger charge is -2.34. The summed E-state index contributed by atoms with van der Waals surface area (Å²) in [5.41, 5.74) is 3.28. The number of hydrogen-bond acceptors (Lipinski definition) is 4. The molecule has 1 aliphatic rings. The molecule has 0 spiro atoms. The molecule has 0 saturated carbocycles. The van der Waals surface area contributed by atoms with Gasteiger partial charge in [0.1, 0.15) is 5.56 Å². The standard InChI is InChI=1S/C19H21N5O2/c1-13-17(18(22(2)21-13)24-10-6-9-20-24)19(25)23-12-15(26-3)11-14-7-4-5-8-16(14)23/h4-10,15H,11-12H2,1-3H3. The van der Waals surface area contributed by atoms with Crippen molar-refractivity contribution in [3.05, 3.63) is 59.5 Å². The molecule has 26 heavy (non-hydrogen) atoms. The first-order valence-corrected chi connectivity index (χ1v) is 8.56. The third kappa shape index (κ3) is 2.61. The Kier molecular flexibility index (Phi) is 4.08. The number of anilines is 1. The van der Waals surface area contributed by atoms with Gasteiger partial charge in [0.2, 0.25) is 0 Å². The minimum absolute atomic E-state index is 0.0287. The van der Waals surface area contributed by atoms with E-state index in [-0.39, 0.29) is 12.0 Å². The van der Waals surface area contributed by atoms with Gasteiger partial charge in [-0.25, -0.2) is 9.36 Å². The van der Waals surface area contributed by atoms with Crippen LogP contribution < -0.4 is 4.90 Å². The predicted octanol–water partition coefficient (Wildman–Crippen LogP) is 2.13. The fourth-order valence-corrected chi connectivity index (χ4v) is 3.60. The Morgan fingerprint density at radius 2 is 2.08 bits per heavy atom. The van der Waals surface area contributed by atoms with Gasteiger partial charge < -0.3 is 9.64 Å². The normalized spacial score (nSPS) is 16.6. The zero-order valence-corrected chi connectivity index (χ0v) is 15.1. The van der Waals surface area contributed by atoms with E-state index in [9.17, 15) is 4.79 Å². The minimum atomic E-state index is -0.0877. The molecule has 0 saturated heterocycles. The second-order valence-corrected chi connectivity index (χ2v) is 6.46. The molecule has 1 aliphatic heterocycles. The Labute approximate surface area is 151 Å². The number of methoxy groups -OCH3 is 1. The van der Waals surface area contributed by atoms with Gasteiger partial charge in [-0.2, -0.15) is 10.2 Å². The molecule has 1 amide bonds. The predicted molar refractivity (Wildman–Crippen MR) is 97.7 cm³/mol. The molecular formula is C19H21N5O2. The molecule has 7 nitrogen and oxygen atoms in total. The van der Waals surface area contributed by atoms with Crippen LogP contribution in [0.1, 0.15) is 21.6 Å². The van der Waals surface area contributed by atoms with Crippen LogP contribution in [0.25, 0.3) is 5.82 Å². The highest BCUT2D eigenvalue weighted by atomic mass is 16.5. The van der Waals surface area contributed by atoms with Gasteiger partial charge in [0.25, 0.3) is 5.91 Å². The molecule has 2 aromatic heterocycles. The van der Waals surface area contributed by atoms with Gasteiger partial charge in [0.15, 0.2) is 5.82 Å². The number of carbonyl (C=O) groups excluding carboxylic acids is 1. The summed E-state index contributed by atoms with van der Waals surface area (Å²) >= 11 is 0. The first-order chi connectivity index (χ1) is 12.6. The fraction of sp³-hybridized carbons (Fsp3) is 0.316. The second kappa shape index (κ2) is 6.42. The summed E-state index contributed by atoms with van der Waals surface area (Å²) in [4.78, 5) is 15.3. The van der Waals surface area contributed by atoms with E-state index in [2.05, 4.69) is 10.2 Å². The van der Waals surface area contributed by atoms with Crippen molar-refractivity contribution in [2.45, 2.75) is 19.4 Å². The van der Waals surface area contributed by atoms with Gasteiger partial charge >= 0.3 is 0 Å². The molecule has 1 atom stereocenters. The fourth-order valence-electron chi connectivity index (χ4n) is 3.60. The van der Waals surface area contributed by atoms with Gasteiger partial charge in [-0.1, -0.05) is 18.2 Å². The maximum Gasteiger partial charge on any atom is 0.264 e. The molecule has 0 N–H and O–H groups in total. The van der Waals surface area contributed by atoms with Crippen molar-refractivity contribution in [3.63, 3.8) is 0 Å². The first kappa shape index (κ1) is 16.5. The molecule has 1 aromatic carbocycles. The second-order valence-electron chi connectivity index (χ2n) is 6.46. The van der Waals surface area contributed by atoms with E-state index in [1.54, 1.807) is 27.6 Å².